The standard InChI is InChI=1S/C36H47N7O8Si/c1-35(2,3)51-34(45)42-29-13-12-25(19-27(29)32(38-42)28-14-15-40(37-28)23-48-16-17-52(6,7)8)41-22-31-30(49-36(4,5)50-31)21-39(33(41)44)20-24-10-9-11-26(18-24)43(46)47/h9-15,18-19,30-31H,16-17,20-23H2,1-8H3/t30-,31-/m0/s1. The number of anilines is 1. The summed E-state index contributed by atoms with van der Waals surface area (Å²) in [5.74, 6) is -0.874. The van der Waals surface area contributed by atoms with Crippen LogP contribution in [0.4, 0.5) is 21.0 Å². The van der Waals surface area contributed by atoms with Crippen molar-refractivity contribution < 1.29 is 33.5 Å². The SMILES string of the molecule is CC(C)(C)OC(=O)n1nc(-c2ccn(COCC[Si](C)(C)C)n2)c2cc(N3C[C@@H]4OC(C)(C)O[C@H]4CN(Cc4cccc([N+](=O)[O-])c4)C3=O)ccc21. The van der Waals surface area contributed by atoms with E-state index in [0.29, 0.717) is 40.1 Å². The van der Waals surface area contributed by atoms with Gasteiger partial charge in [-0.1, -0.05) is 31.8 Å². The van der Waals surface area contributed by atoms with Crippen molar-refractivity contribution in [2.75, 3.05) is 24.6 Å². The summed E-state index contributed by atoms with van der Waals surface area (Å²) >= 11 is 0. The van der Waals surface area contributed by atoms with Gasteiger partial charge in [-0.3, -0.25) is 15.0 Å². The number of hydrogen-bond acceptors (Lipinski definition) is 10. The molecule has 2 atom stereocenters. The fourth-order valence-corrected chi connectivity index (χ4v) is 7.04. The van der Waals surface area contributed by atoms with E-state index in [-0.39, 0.29) is 38.1 Å². The van der Waals surface area contributed by atoms with Gasteiger partial charge in [0, 0.05) is 50.6 Å². The Morgan fingerprint density at radius 3 is 2.48 bits per heavy atom. The van der Waals surface area contributed by atoms with Crippen molar-refractivity contribution in [3.8, 4) is 11.4 Å². The molecule has 2 amide bonds. The Hall–Kier alpha value is -4.64. The minimum Gasteiger partial charge on any atom is -0.442 e. The van der Waals surface area contributed by atoms with Gasteiger partial charge in [-0.25, -0.2) is 14.3 Å². The van der Waals surface area contributed by atoms with Gasteiger partial charge in [0.05, 0.1) is 23.5 Å². The monoisotopic (exact) mass is 733 g/mol. The van der Waals surface area contributed by atoms with Crippen LogP contribution in [0.3, 0.4) is 0 Å². The van der Waals surface area contributed by atoms with Gasteiger partial charge < -0.3 is 23.8 Å². The van der Waals surface area contributed by atoms with E-state index >= 15 is 0 Å². The van der Waals surface area contributed by atoms with Crippen LogP contribution in [0.5, 0.6) is 0 Å². The van der Waals surface area contributed by atoms with Crippen molar-refractivity contribution in [2.24, 2.45) is 0 Å². The molecule has 2 aliphatic heterocycles. The summed E-state index contributed by atoms with van der Waals surface area (Å²) in [5.41, 5.74) is 1.74. The number of hydrogen-bond donors (Lipinski definition) is 0. The molecule has 0 spiro atoms. The second-order valence-corrected chi connectivity index (χ2v) is 21.6. The minimum atomic E-state index is -1.25. The molecule has 52 heavy (non-hydrogen) atoms. The molecule has 278 valence electrons. The number of rotatable bonds is 10. The molecule has 0 bridgehead atoms. The van der Waals surface area contributed by atoms with Crippen LogP contribution in [0.1, 0.15) is 40.2 Å². The van der Waals surface area contributed by atoms with Crippen LogP contribution in [-0.2, 0) is 32.2 Å². The number of urea groups is 1. The third-order valence-corrected chi connectivity index (χ3v) is 10.4. The molecule has 0 radical (unpaired) electrons. The Balaban J connectivity index is 1.37. The maximum Gasteiger partial charge on any atom is 0.435 e. The van der Waals surface area contributed by atoms with Crippen molar-refractivity contribution >= 4 is 42.5 Å². The molecule has 2 aromatic heterocycles. The van der Waals surface area contributed by atoms with E-state index in [9.17, 15) is 19.7 Å². The van der Waals surface area contributed by atoms with E-state index in [2.05, 4.69) is 19.6 Å². The molecule has 0 aliphatic carbocycles. The van der Waals surface area contributed by atoms with Gasteiger partial charge in [0.1, 0.15) is 35.9 Å². The first kappa shape index (κ1) is 37.1. The lowest BCUT2D eigenvalue weighted by Gasteiger charge is -2.30. The van der Waals surface area contributed by atoms with Gasteiger partial charge in [-0.05, 0) is 70.5 Å². The highest BCUT2D eigenvalue weighted by atomic mass is 28.3. The first-order valence-electron chi connectivity index (χ1n) is 17.4. The van der Waals surface area contributed by atoms with Crippen molar-refractivity contribution in [3.05, 3.63) is 70.4 Å². The first-order chi connectivity index (χ1) is 24.4. The summed E-state index contributed by atoms with van der Waals surface area (Å²) in [6, 6.07) is 14.1. The van der Waals surface area contributed by atoms with Crippen LogP contribution in [0.15, 0.2) is 54.7 Å². The Labute approximate surface area is 303 Å². The van der Waals surface area contributed by atoms with E-state index in [1.165, 1.54) is 16.8 Å². The average Bonchev–Trinajstić information content (AvgIpc) is 3.72. The van der Waals surface area contributed by atoms with Gasteiger partial charge >= 0.3 is 12.1 Å². The predicted octanol–water partition coefficient (Wildman–Crippen LogP) is 6.87. The molecule has 2 aliphatic rings. The molecular weight excluding hydrogens is 687 g/mol. The van der Waals surface area contributed by atoms with E-state index < -0.39 is 42.7 Å². The second-order valence-electron chi connectivity index (χ2n) is 15.9. The molecule has 2 fully saturated rings. The number of benzene rings is 2. The van der Waals surface area contributed by atoms with Crippen molar-refractivity contribution in [2.45, 2.75) is 97.2 Å². The Kier molecular flexibility index (Phi) is 10.0. The number of carbonyl (C=O) groups excluding carboxylic acids is 2. The zero-order valence-electron chi connectivity index (χ0n) is 31.0. The fourth-order valence-electron chi connectivity index (χ4n) is 6.28. The first-order valence-corrected chi connectivity index (χ1v) is 21.1. The fraction of sp³-hybridized carbons (Fsp3) is 0.500. The van der Waals surface area contributed by atoms with Crippen LogP contribution in [0.2, 0.25) is 25.7 Å². The van der Waals surface area contributed by atoms with Crippen LogP contribution in [0, 0.1) is 10.1 Å². The third kappa shape index (κ3) is 8.52. The van der Waals surface area contributed by atoms with Crippen molar-refractivity contribution in [3.63, 3.8) is 0 Å². The highest BCUT2D eigenvalue weighted by Crippen LogP contribution is 2.36. The zero-order valence-corrected chi connectivity index (χ0v) is 32.0. The lowest BCUT2D eigenvalue weighted by molar-refractivity contribution is -0.384. The number of amides is 2. The lowest BCUT2D eigenvalue weighted by atomic mass is 10.1. The van der Waals surface area contributed by atoms with Gasteiger partial charge in [0.15, 0.2) is 5.79 Å². The molecule has 2 aromatic carbocycles. The summed E-state index contributed by atoms with van der Waals surface area (Å²) in [7, 11) is -1.25. The molecular formula is C36H47N7O8Si. The van der Waals surface area contributed by atoms with Gasteiger partial charge in [0.25, 0.3) is 5.69 Å². The normalized spacial score (nSPS) is 19.2. The summed E-state index contributed by atoms with van der Waals surface area (Å²) in [6.45, 7) is 17.3. The highest BCUT2D eigenvalue weighted by Gasteiger charge is 2.47. The number of nitro groups is 1. The summed E-state index contributed by atoms with van der Waals surface area (Å²) in [4.78, 5) is 42.1. The van der Waals surface area contributed by atoms with Crippen molar-refractivity contribution in [1.29, 1.82) is 0 Å². The van der Waals surface area contributed by atoms with Gasteiger partial charge in [-0.15, -0.1) is 0 Å². The molecule has 15 nitrogen and oxygen atoms in total. The number of ether oxygens (including phenoxy) is 4. The Bertz CT molecular complexity index is 1980. The molecule has 0 N–H and O–H groups in total. The molecule has 16 heteroatoms. The molecule has 0 unspecified atom stereocenters. The van der Waals surface area contributed by atoms with E-state index in [1.807, 2.05) is 26.0 Å². The highest BCUT2D eigenvalue weighted by molar-refractivity contribution is 6.76. The van der Waals surface area contributed by atoms with E-state index in [1.54, 1.807) is 65.7 Å². The molecule has 6 rings (SSSR count). The van der Waals surface area contributed by atoms with E-state index in [0.717, 1.165) is 6.04 Å². The maximum atomic E-state index is 14.4. The number of nitrogens with zero attached hydrogens (tertiary/aromatic N) is 7. The van der Waals surface area contributed by atoms with Crippen molar-refractivity contribution in [1.82, 2.24) is 24.5 Å². The largest absolute Gasteiger partial charge is 0.442 e. The van der Waals surface area contributed by atoms with Crippen LogP contribution in [-0.4, -0.2) is 92.9 Å². The topological polar surface area (TPSA) is 156 Å². The minimum absolute atomic E-state index is 0.0587. The second kappa shape index (κ2) is 14.1. The number of aromatic nitrogens is 4. The van der Waals surface area contributed by atoms with Crippen LogP contribution < -0.4 is 4.90 Å². The number of non-ortho nitro benzene ring substituents is 1. The lowest BCUT2D eigenvalue weighted by Crippen LogP contribution is -2.43. The van der Waals surface area contributed by atoms with Crippen LogP contribution in [0.25, 0.3) is 22.3 Å². The Morgan fingerprint density at radius 1 is 1.06 bits per heavy atom. The molecule has 2 saturated heterocycles. The number of nitro benzene ring substituents is 1. The van der Waals surface area contributed by atoms with E-state index in [4.69, 9.17) is 29.1 Å². The average molecular weight is 734 g/mol. The number of fused-ring (bicyclic) bond motifs is 2. The third-order valence-electron chi connectivity index (χ3n) is 8.69. The summed E-state index contributed by atoms with van der Waals surface area (Å²) < 4.78 is 27.0. The predicted molar refractivity (Wildman–Crippen MR) is 197 cm³/mol. The Morgan fingerprint density at radius 2 is 1.79 bits per heavy atom. The van der Waals surface area contributed by atoms with Gasteiger partial charge in [0.2, 0.25) is 0 Å². The summed E-state index contributed by atoms with van der Waals surface area (Å²) in [5, 5.41) is 21.5. The zero-order chi connectivity index (χ0) is 37.6. The maximum absolute atomic E-state index is 14.4. The summed E-state index contributed by atoms with van der Waals surface area (Å²) in [6.07, 6.45) is 0.260. The van der Waals surface area contributed by atoms with Crippen LogP contribution >= 0.6 is 0 Å². The smallest absolute Gasteiger partial charge is 0.435 e. The quantitative estimate of drug-likeness (QED) is 0.0730. The molecule has 4 heterocycles. The molecule has 0 saturated carbocycles. The molecule has 4 aromatic rings. The number of carbonyl (C=O) groups is 2. The van der Waals surface area contributed by atoms with Gasteiger partial charge in [-0.2, -0.15) is 14.9 Å².